The van der Waals surface area contributed by atoms with E-state index < -0.39 is 0 Å². The monoisotopic (exact) mass is 1920 g/mol. The van der Waals surface area contributed by atoms with Crippen molar-refractivity contribution in [1.29, 1.82) is 0 Å². The van der Waals surface area contributed by atoms with E-state index >= 15 is 0 Å². The van der Waals surface area contributed by atoms with Gasteiger partial charge in [-0.2, -0.15) is 0 Å². The Balaban J connectivity index is 3.10. The SMILES string of the molecule is CCCCCCCCCCCCCCCCCCCCCCCCCCCCCCCCCCCCCCCCCCCCCCCCCCCCCCCCCCCCCCCCCCCCOCCCCCCCCCCCCCCCCCCCCCCCCCCCCCCCCCCCCCCCCCCCCCCCCCCCCCCCCCCCCCCCCCCCC. The highest BCUT2D eigenvalue weighted by molar-refractivity contribution is 4.63. The molecule has 0 atom stereocenters. The highest BCUT2D eigenvalue weighted by atomic mass is 16.5. The molecule has 0 bridgehead atoms. The zero-order chi connectivity index (χ0) is 97.5. The van der Waals surface area contributed by atoms with Gasteiger partial charge in [-0.25, -0.2) is 0 Å². The van der Waals surface area contributed by atoms with Gasteiger partial charge in [-0.15, -0.1) is 0 Å². The summed E-state index contributed by atoms with van der Waals surface area (Å²) in [4.78, 5) is 0. The molecule has 0 spiro atoms. The lowest BCUT2D eigenvalue weighted by Crippen LogP contribution is -1.97. The van der Waals surface area contributed by atoms with E-state index in [1.165, 1.54) is 848 Å². The van der Waals surface area contributed by atoms with Crippen molar-refractivity contribution in [3.8, 4) is 0 Å². The van der Waals surface area contributed by atoms with E-state index in [2.05, 4.69) is 13.8 Å². The van der Waals surface area contributed by atoms with Crippen molar-refractivity contribution in [3.63, 3.8) is 0 Å². The molecule has 0 saturated heterocycles. The average Bonchev–Trinajstić information content (AvgIpc) is 1.11. The number of rotatable bonds is 134. The van der Waals surface area contributed by atoms with Gasteiger partial charge in [-0.1, -0.05) is 849 Å². The molecule has 0 aromatic heterocycles. The topological polar surface area (TPSA) is 9.23 Å². The van der Waals surface area contributed by atoms with Gasteiger partial charge in [0.1, 0.15) is 0 Å². The normalized spacial score (nSPS) is 11.9. The quantitative estimate of drug-likeness (QED) is 0.0552. The Kier molecular flexibility index (Phi) is 136. The summed E-state index contributed by atoms with van der Waals surface area (Å²) in [6.07, 6.45) is 196. The van der Waals surface area contributed by atoms with E-state index in [1.54, 1.807) is 0 Å². The molecule has 0 aromatic rings. The first kappa shape index (κ1) is 137. The minimum Gasteiger partial charge on any atom is -0.381 e. The van der Waals surface area contributed by atoms with Crippen LogP contribution in [0.25, 0.3) is 0 Å². The van der Waals surface area contributed by atoms with Crippen molar-refractivity contribution in [3.05, 3.63) is 0 Å². The Morgan fingerprint density at radius 2 is 0.102 bits per heavy atom. The Hall–Kier alpha value is -0.0400. The average molecular weight is 1930 g/mol. The molecule has 137 heavy (non-hydrogen) atoms. The zero-order valence-electron chi connectivity index (χ0n) is 97.2. The molecular weight excluding hydrogens is 1650 g/mol. The molecule has 0 amide bonds. The summed E-state index contributed by atoms with van der Waals surface area (Å²) < 4.78 is 6.02. The third kappa shape index (κ3) is 136. The van der Waals surface area contributed by atoms with Gasteiger partial charge in [0.2, 0.25) is 0 Å². The lowest BCUT2D eigenvalue weighted by molar-refractivity contribution is 0.125. The molecule has 1 nitrogen and oxygen atoms in total. The number of hydrogen-bond donors (Lipinski definition) is 0. The van der Waals surface area contributed by atoms with Crippen LogP contribution < -0.4 is 0 Å². The lowest BCUT2D eigenvalue weighted by atomic mass is 10.0. The predicted molar refractivity (Wildman–Crippen MR) is 632 cm³/mol. The van der Waals surface area contributed by atoms with Crippen LogP contribution in [0.15, 0.2) is 0 Å². The smallest absolute Gasteiger partial charge is 0.0466 e. The van der Waals surface area contributed by atoms with E-state index in [1.807, 2.05) is 0 Å². The van der Waals surface area contributed by atoms with Crippen LogP contribution in [0, 0.1) is 0 Å². The Morgan fingerprint density at radius 1 is 0.0584 bits per heavy atom. The summed E-state index contributed by atoms with van der Waals surface area (Å²) in [5, 5.41) is 0. The van der Waals surface area contributed by atoms with Gasteiger partial charge < -0.3 is 4.74 Å². The Bertz CT molecular complexity index is 1630. The molecule has 0 saturated carbocycles. The first-order valence-electron chi connectivity index (χ1n) is 68.0. The summed E-state index contributed by atoms with van der Waals surface area (Å²) in [5.74, 6) is 0. The maximum atomic E-state index is 6.02. The minimum atomic E-state index is 1.000. The fraction of sp³-hybridized carbons (Fsp3) is 1.00. The van der Waals surface area contributed by atoms with Gasteiger partial charge in [0, 0.05) is 13.2 Å². The van der Waals surface area contributed by atoms with E-state index in [9.17, 15) is 0 Å². The second-order valence-electron chi connectivity index (χ2n) is 47.6. The van der Waals surface area contributed by atoms with Crippen LogP contribution in [0.2, 0.25) is 0 Å². The van der Waals surface area contributed by atoms with E-state index in [0.717, 1.165) is 13.2 Å². The maximum absolute atomic E-state index is 6.02. The summed E-state index contributed by atoms with van der Waals surface area (Å²) in [6.45, 7) is 6.64. The molecule has 0 aliphatic heterocycles. The van der Waals surface area contributed by atoms with Crippen LogP contribution in [0.3, 0.4) is 0 Å². The van der Waals surface area contributed by atoms with Crippen molar-refractivity contribution in [2.24, 2.45) is 0 Å². The summed E-state index contributed by atoms with van der Waals surface area (Å²) in [7, 11) is 0. The van der Waals surface area contributed by atoms with E-state index in [-0.39, 0.29) is 0 Å². The number of unbranched alkanes of at least 4 members (excludes halogenated alkanes) is 130. The molecule has 0 fully saturated rings. The van der Waals surface area contributed by atoms with Crippen molar-refractivity contribution in [2.75, 3.05) is 13.2 Å². The highest BCUT2D eigenvalue weighted by Gasteiger charge is 2.08. The van der Waals surface area contributed by atoms with Crippen molar-refractivity contribution < 1.29 is 4.74 Å². The van der Waals surface area contributed by atoms with Crippen LogP contribution in [-0.2, 0) is 4.74 Å². The molecule has 0 radical (unpaired) electrons. The maximum Gasteiger partial charge on any atom is 0.0466 e. The minimum absolute atomic E-state index is 1.000. The molecule has 0 heterocycles. The molecule has 0 N–H and O–H groups in total. The molecule has 0 aliphatic rings. The molecule has 1 heteroatoms. The molecule has 0 unspecified atom stereocenters. The molecule has 824 valence electrons. The molecule has 0 rings (SSSR count). The summed E-state index contributed by atoms with van der Waals surface area (Å²) in [5.41, 5.74) is 0. The van der Waals surface area contributed by atoms with Crippen molar-refractivity contribution >= 4 is 0 Å². The summed E-state index contributed by atoms with van der Waals surface area (Å²) >= 11 is 0. The van der Waals surface area contributed by atoms with Gasteiger partial charge in [0.15, 0.2) is 0 Å². The third-order valence-corrected chi connectivity index (χ3v) is 33.3. The predicted octanol–water partition coefficient (Wildman–Crippen LogP) is 52.5. The van der Waals surface area contributed by atoms with Crippen LogP contribution >= 0.6 is 0 Å². The lowest BCUT2D eigenvalue weighted by Gasteiger charge is -2.06. The summed E-state index contributed by atoms with van der Waals surface area (Å²) in [6, 6.07) is 0. The van der Waals surface area contributed by atoms with Gasteiger partial charge >= 0.3 is 0 Å². The van der Waals surface area contributed by atoms with Crippen LogP contribution in [-0.4, -0.2) is 13.2 Å². The Morgan fingerprint density at radius 3 is 0.153 bits per heavy atom. The van der Waals surface area contributed by atoms with Crippen molar-refractivity contribution in [2.45, 2.75) is 861 Å². The van der Waals surface area contributed by atoms with Crippen LogP contribution in [0.1, 0.15) is 861 Å². The molecule has 0 aliphatic carbocycles. The second-order valence-corrected chi connectivity index (χ2v) is 47.6. The number of ether oxygens (including phenoxy) is 1. The van der Waals surface area contributed by atoms with Gasteiger partial charge in [-0.05, 0) is 12.8 Å². The third-order valence-electron chi connectivity index (χ3n) is 33.3. The fourth-order valence-corrected chi connectivity index (χ4v) is 23.3. The zero-order valence-corrected chi connectivity index (χ0v) is 97.2. The standard InChI is InChI=1S/C136H274O/c1-3-5-7-9-11-13-15-17-19-21-23-25-27-29-31-33-35-37-39-41-43-45-47-49-51-53-55-57-59-61-63-65-67-69-71-73-75-77-79-81-83-85-87-89-91-93-95-97-99-101-103-105-107-109-111-113-115-117-119-121-123-125-127-129-131-133-135-137-136-134-132-130-128-126-124-122-120-118-116-114-112-110-108-106-104-102-100-98-96-94-92-90-88-86-84-82-80-78-76-74-72-70-68-66-64-62-60-58-56-54-52-50-48-46-44-42-40-38-36-34-32-30-28-26-24-22-20-18-16-14-12-10-8-6-4-2/h3-136H2,1-2H3. The van der Waals surface area contributed by atoms with Gasteiger partial charge in [0.05, 0.1) is 0 Å². The Labute approximate surface area is 873 Å². The van der Waals surface area contributed by atoms with Crippen LogP contribution in [0.5, 0.6) is 0 Å². The molecule has 0 aromatic carbocycles. The van der Waals surface area contributed by atoms with E-state index in [0.29, 0.717) is 0 Å². The highest BCUT2D eigenvalue weighted by Crippen LogP contribution is 2.27. The van der Waals surface area contributed by atoms with Gasteiger partial charge in [0.25, 0.3) is 0 Å². The van der Waals surface area contributed by atoms with Gasteiger partial charge in [-0.3, -0.25) is 0 Å². The van der Waals surface area contributed by atoms with Crippen LogP contribution in [0.4, 0.5) is 0 Å². The first-order chi connectivity index (χ1) is 68.4. The van der Waals surface area contributed by atoms with E-state index in [4.69, 9.17) is 4.74 Å². The second kappa shape index (κ2) is 136. The number of hydrogen-bond acceptors (Lipinski definition) is 1. The largest absolute Gasteiger partial charge is 0.381 e. The first-order valence-corrected chi connectivity index (χ1v) is 68.0. The van der Waals surface area contributed by atoms with Crippen molar-refractivity contribution in [1.82, 2.24) is 0 Å². The molecular formula is C136H274O. The fourth-order valence-electron chi connectivity index (χ4n) is 23.3.